The van der Waals surface area contributed by atoms with Crippen molar-refractivity contribution >= 4 is 11.8 Å². The molecule has 0 saturated carbocycles. The van der Waals surface area contributed by atoms with Crippen molar-refractivity contribution in [1.29, 1.82) is 0 Å². The monoisotopic (exact) mass is 231 g/mol. The van der Waals surface area contributed by atoms with Gasteiger partial charge in [0.05, 0.1) is 12.7 Å². The first kappa shape index (κ1) is 13.3. The van der Waals surface area contributed by atoms with Crippen LogP contribution in [0.4, 0.5) is 0 Å². The van der Waals surface area contributed by atoms with Crippen LogP contribution in [-0.2, 0) is 4.74 Å². The summed E-state index contributed by atoms with van der Waals surface area (Å²) in [5.74, 6) is 1.92. The molecule has 0 unspecified atom stereocenters. The molecular weight excluding hydrogens is 206 g/mol. The van der Waals surface area contributed by atoms with Crippen LogP contribution in [-0.4, -0.2) is 49.3 Å². The second-order valence-electron chi connectivity index (χ2n) is 4.76. The minimum absolute atomic E-state index is 0.528. The highest BCUT2D eigenvalue weighted by molar-refractivity contribution is 7.98. The quantitative estimate of drug-likeness (QED) is 0.652. The van der Waals surface area contributed by atoms with Gasteiger partial charge in [0.2, 0.25) is 0 Å². The van der Waals surface area contributed by atoms with Crippen molar-refractivity contribution in [2.24, 2.45) is 5.92 Å². The van der Waals surface area contributed by atoms with E-state index in [0.717, 1.165) is 18.3 Å². The van der Waals surface area contributed by atoms with Gasteiger partial charge < -0.3 is 9.64 Å². The van der Waals surface area contributed by atoms with Crippen molar-refractivity contribution in [1.82, 2.24) is 4.90 Å². The van der Waals surface area contributed by atoms with Crippen LogP contribution >= 0.6 is 11.8 Å². The summed E-state index contributed by atoms with van der Waals surface area (Å²) in [5.41, 5.74) is 0. The Balaban J connectivity index is 2.07. The van der Waals surface area contributed by atoms with Crippen LogP contribution in [0.1, 0.15) is 26.7 Å². The molecule has 0 atom stereocenters. The maximum atomic E-state index is 5.83. The van der Waals surface area contributed by atoms with Gasteiger partial charge in [-0.2, -0.15) is 11.8 Å². The maximum Gasteiger partial charge on any atom is 0.0599 e. The van der Waals surface area contributed by atoms with E-state index in [4.69, 9.17) is 4.74 Å². The van der Waals surface area contributed by atoms with Crippen molar-refractivity contribution in [3.63, 3.8) is 0 Å². The van der Waals surface area contributed by atoms with Gasteiger partial charge >= 0.3 is 0 Å². The topological polar surface area (TPSA) is 12.5 Å². The van der Waals surface area contributed by atoms with Crippen LogP contribution < -0.4 is 0 Å². The summed E-state index contributed by atoms with van der Waals surface area (Å²) in [6.07, 6.45) is 5.11. The summed E-state index contributed by atoms with van der Waals surface area (Å²) in [4.78, 5) is 2.57. The molecule has 1 rings (SSSR count). The number of hydrogen-bond acceptors (Lipinski definition) is 3. The third kappa shape index (κ3) is 5.79. The van der Waals surface area contributed by atoms with E-state index < -0.39 is 0 Å². The highest BCUT2D eigenvalue weighted by Crippen LogP contribution is 2.15. The Morgan fingerprint density at radius 3 is 2.53 bits per heavy atom. The molecule has 0 aromatic rings. The van der Waals surface area contributed by atoms with Gasteiger partial charge in [0.1, 0.15) is 0 Å². The van der Waals surface area contributed by atoms with Crippen LogP contribution in [0.2, 0.25) is 0 Å². The maximum absolute atomic E-state index is 5.83. The summed E-state index contributed by atoms with van der Waals surface area (Å²) < 4.78 is 5.83. The third-order valence-electron chi connectivity index (χ3n) is 2.80. The number of ether oxygens (including phenoxy) is 1. The normalized spacial score (nSPS) is 20.0. The Labute approximate surface area is 98.7 Å². The highest BCUT2D eigenvalue weighted by atomic mass is 32.2. The summed E-state index contributed by atoms with van der Waals surface area (Å²) >= 11 is 1.86. The fourth-order valence-electron chi connectivity index (χ4n) is 2.07. The molecule has 2 nitrogen and oxygen atoms in total. The van der Waals surface area contributed by atoms with Crippen molar-refractivity contribution in [3.05, 3.63) is 0 Å². The van der Waals surface area contributed by atoms with E-state index >= 15 is 0 Å². The summed E-state index contributed by atoms with van der Waals surface area (Å²) in [6, 6.07) is 0. The molecule has 1 aliphatic rings. The predicted octanol–water partition coefficient (Wildman–Crippen LogP) is 2.49. The number of thioether (sulfide) groups is 1. The van der Waals surface area contributed by atoms with Crippen LogP contribution in [0.5, 0.6) is 0 Å². The minimum atomic E-state index is 0.528. The molecule has 0 radical (unpaired) electrons. The van der Waals surface area contributed by atoms with Gasteiger partial charge in [-0.1, -0.05) is 13.8 Å². The molecule has 1 saturated heterocycles. The molecule has 0 aliphatic carbocycles. The minimum Gasteiger partial charge on any atom is -0.377 e. The molecule has 1 fully saturated rings. The average Bonchev–Trinajstić information content (AvgIpc) is 2.20. The zero-order valence-electron chi connectivity index (χ0n) is 10.4. The van der Waals surface area contributed by atoms with E-state index in [1.54, 1.807) is 0 Å². The fourth-order valence-corrected chi connectivity index (χ4v) is 2.34. The van der Waals surface area contributed by atoms with Crippen LogP contribution in [0.25, 0.3) is 0 Å². The Morgan fingerprint density at radius 1 is 1.33 bits per heavy atom. The van der Waals surface area contributed by atoms with E-state index in [0.29, 0.717) is 6.10 Å². The second-order valence-corrected chi connectivity index (χ2v) is 5.74. The third-order valence-corrected chi connectivity index (χ3v) is 3.37. The standard InChI is InChI=1S/C12H25NOS/c1-11(2)10-13-6-4-12(5-7-13)14-8-9-15-3/h11-12H,4-10H2,1-3H3. The Morgan fingerprint density at radius 2 is 2.00 bits per heavy atom. The largest absolute Gasteiger partial charge is 0.377 e. The van der Waals surface area contributed by atoms with Gasteiger partial charge in [-0.3, -0.25) is 0 Å². The first-order chi connectivity index (χ1) is 7.22. The molecule has 0 spiro atoms. The second kappa shape index (κ2) is 7.53. The molecule has 15 heavy (non-hydrogen) atoms. The van der Waals surface area contributed by atoms with Gasteiger partial charge in [0.25, 0.3) is 0 Å². The predicted molar refractivity (Wildman–Crippen MR) is 68.6 cm³/mol. The number of piperidine rings is 1. The van der Waals surface area contributed by atoms with E-state index in [2.05, 4.69) is 25.0 Å². The van der Waals surface area contributed by atoms with Crippen LogP contribution in [0, 0.1) is 5.92 Å². The molecule has 1 aliphatic heterocycles. The fraction of sp³-hybridized carbons (Fsp3) is 1.00. The molecule has 90 valence electrons. The lowest BCUT2D eigenvalue weighted by molar-refractivity contribution is 0.0133. The Bertz CT molecular complexity index is 156. The Kier molecular flexibility index (Phi) is 6.69. The Hall–Kier alpha value is 0.270. The molecule has 0 amide bonds. The van der Waals surface area contributed by atoms with Crippen molar-refractivity contribution < 1.29 is 4.74 Å². The SMILES string of the molecule is CSCCOC1CCN(CC(C)C)CC1. The van der Waals surface area contributed by atoms with Gasteiger partial charge in [-0.25, -0.2) is 0 Å². The zero-order valence-corrected chi connectivity index (χ0v) is 11.2. The van der Waals surface area contributed by atoms with Gasteiger partial charge in [0.15, 0.2) is 0 Å². The summed E-state index contributed by atoms with van der Waals surface area (Å²) in [5, 5.41) is 0. The average molecular weight is 231 g/mol. The molecule has 1 heterocycles. The summed E-state index contributed by atoms with van der Waals surface area (Å²) in [7, 11) is 0. The van der Waals surface area contributed by atoms with Crippen molar-refractivity contribution in [3.8, 4) is 0 Å². The molecule has 0 bridgehead atoms. The van der Waals surface area contributed by atoms with Gasteiger partial charge in [0, 0.05) is 25.4 Å². The van der Waals surface area contributed by atoms with Crippen LogP contribution in [0.15, 0.2) is 0 Å². The van der Waals surface area contributed by atoms with E-state index in [1.165, 1.54) is 32.5 Å². The number of hydrogen-bond donors (Lipinski definition) is 0. The summed E-state index contributed by atoms with van der Waals surface area (Å²) in [6.45, 7) is 9.21. The lowest BCUT2D eigenvalue weighted by Gasteiger charge is -2.32. The van der Waals surface area contributed by atoms with Crippen LogP contribution in [0.3, 0.4) is 0 Å². The van der Waals surface area contributed by atoms with E-state index in [1.807, 2.05) is 11.8 Å². The first-order valence-electron chi connectivity index (χ1n) is 6.05. The molecule has 0 aromatic carbocycles. The lowest BCUT2D eigenvalue weighted by atomic mass is 10.1. The van der Waals surface area contributed by atoms with E-state index in [-0.39, 0.29) is 0 Å². The highest BCUT2D eigenvalue weighted by Gasteiger charge is 2.19. The van der Waals surface area contributed by atoms with Gasteiger partial charge in [-0.05, 0) is 25.0 Å². The molecule has 3 heteroatoms. The number of rotatable bonds is 6. The van der Waals surface area contributed by atoms with Gasteiger partial charge in [-0.15, -0.1) is 0 Å². The van der Waals surface area contributed by atoms with Crippen molar-refractivity contribution in [2.45, 2.75) is 32.8 Å². The van der Waals surface area contributed by atoms with Crippen molar-refractivity contribution in [2.75, 3.05) is 38.2 Å². The molecular formula is C12H25NOS. The lowest BCUT2D eigenvalue weighted by Crippen LogP contribution is -2.39. The smallest absolute Gasteiger partial charge is 0.0599 e. The van der Waals surface area contributed by atoms with E-state index in [9.17, 15) is 0 Å². The molecule has 0 N–H and O–H groups in total. The number of likely N-dealkylation sites (tertiary alicyclic amines) is 1. The number of nitrogens with zero attached hydrogens (tertiary/aromatic N) is 1. The first-order valence-corrected chi connectivity index (χ1v) is 7.44. The molecule has 0 aromatic heterocycles. The zero-order chi connectivity index (χ0) is 11.1.